The van der Waals surface area contributed by atoms with E-state index >= 15 is 0 Å². The fourth-order valence-corrected chi connectivity index (χ4v) is 0.768. The topological polar surface area (TPSA) is 61.8 Å². The fraction of sp³-hybridized carbons (Fsp3) is 0.333. The second-order valence-electron chi connectivity index (χ2n) is 2.60. The summed E-state index contributed by atoms with van der Waals surface area (Å²) in [6.45, 7) is 1.29. The van der Waals surface area contributed by atoms with Gasteiger partial charge in [0, 0.05) is 6.08 Å². The molecule has 0 spiro atoms. The largest absolute Gasteiger partial charge is 0.465 e. The normalized spacial score (nSPS) is 14.5. The van der Waals surface area contributed by atoms with Crippen LogP contribution >= 0.6 is 0 Å². The van der Waals surface area contributed by atoms with E-state index in [1.165, 1.54) is 25.3 Å². The van der Waals surface area contributed by atoms with Crippen molar-refractivity contribution in [3.8, 4) is 0 Å². The third-order valence-corrected chi connectivity index (χ3v) is 1.28. The van der Waals surface area contributed by atoms with Gasteiger partial charge in [0.15, 0.2) is 0 Å². The molecule has 0 unspecified atom stereocenters. The van der Waals surface area contributed by atoms with E-state index in [0.717, 1.165) is 0 Å². The van der Waals surface area contributed by atoms with Gasteiger partial charge in [-0.05, 0) is 13.0 Å². The minimum Gasteiger partial charge on any atom is -0.465 e. The minimum atomic E-state index is -0.640. The highest BCUT2D eigenvalue weighted by Crippen LogP contribution is 2.06. The van der Waals surface area contributed by atoms with Gasteiger partial charge in [0.2, 0.25) is 6.79 Å². The van der Waals surface area contributed by atoms with Crippen molar-refractivity contribution in [1.82, 2.24) is 0 Å². The summed E-state index contributed by atoms with van der Waals surface area (Å²) in [6, 6.07) is 0. The highest BCUT2D eigenvalue weighted by atomic mass is 16.7. The van der Waals surface area contributed by atoms with Crippen LogP contribution < -0.4 is 0 Å². The van der Waals surface area contributed by atoms with Gasteiger partial charge in [-0.25, -0.2) is 0 Å². The number of allylic oxidation sites excluding steroid dienone is 2. The summed E-state index contributed by atoms with van der Waals surface area (Å²) in [7, 11) is 0. The molecule has 0 atom stereocenters. The van der Waals surface area contributed by atoms with Crippen molar-refractivity contribution >= 4 is 11.8 Å². The highest BCUT2D eigenvalue weighted by molar-refractivity contribution is 5.94. The van der Waals surface area contributed by atoms with Gasteiger partial charge in [-0.2, -0.15) is 0 Å². The Bertz CT molecular complexity index is 290. The zero-order valence-corrected chi connectivity index (χ0v) is 7.69. The van der Waals surface area contributed by atoms with Crippen molar-refractivity contribution in [2.24, 2.45) is 0 Å². The molecular formula is C9H10O5. The maximum atomic E-state index is 11.0. The zero-order chi connectivity index (χ0) is 10.4. The number of carbonyl (C=O) groups excluding carboxylic acids is 2. The van der Waals surface area contributed by atoms with Gasteiger partial charge in [-0.1, -0.05) is 0 Å². The Morgan fingerprint density at radius 3 is 3.07 bits per heavy atom. The molecular weight excluding hydrogens is 188 g/mol. The van der Waals surface area contributed by atoms with Gasteiger partial charge in [0.05, 0.1) is 6.26 Å². The minimum absolute atomic E-state index is 0.0182. The van der Waals surface area contributed by atoms with Gasteiger partial charge < -0.3 is 14.2 Å². The van der Waals surface area contributed by atoms with E-state index < -0.39 is 5.97 Å². The highest BCUT2D eigenvalue weighted by Gasteiger charge is 2.11. The van der Waals surface area contributed by atoms with Crippen molar-refractivity contribution in [3.05, 3.63) is 24.4 Å². The van der Waals surface area contributed by atoms with Gasteiger partial charge in [0.1, 0.15) is 12.2 Å². The van der Waals surface area contributed by atoms with Crippen molar-refractivity contribution < 1.29 is 23.8 Å². The van der Waals surface area contributed by atoms with Crippen LogP contribution in [-0.2, 0) is 23.8 Å². The molecule has 0 amide bonds. The Kier molecular flexibility index (Phi) is 3.72. The molecule has 0 saturated heterocycles. The van der Waals surface area contributed by atoms with Crippen LogP contribution in [0.5, 0.6) is 0 Å². The van der Waals surface area contributed by atoms with Crippen LogP contribution in [0.3, 0.4) is 0 Å². The molecule has 1 rings (SSSR count). The predicted octanol–water partition coefficient (Wildman–Crippen LogP) is 0.868. The monoisotopic (exact) mass is 198 g/mol. The molecule has 0 bridgehead atoms. The SMILES string of the molecule is CC(=O)CC(=O)OC1=CC=COCO1. The molecule has 0 fully saturated rings. The summed E-state index contributed by atoms with van der Waals surface area (Å²) >= 11 is 0. The lowest BCUT2D eigenvalue weighted by Gasteiger charge is -2.06. The van der Waals surface area contributed by atoms with Crippen LogP contribution in [-0.4, -0.2) is 18.5 Å². The fourth-order valence-electron chi connectivity index (χ4n) is 0.768. The van der Waals surface area contributed by atoms with E-state index in [-0.39, 0.29) is 24.9 Å². The first-order valence-corrected chi connectivity index (χ1v) is 4.00. The molecule has 76 valence electrons. The number of carbonyl (C=O) groups is 2. The van der Waals surface area contributed by atoms with E-state index in [1.807, 2.05) is 0 Å². The van der Waals surface area contributed by atoms with E-state index in [1.54, 1.807) is 0 Å². The van der Waals surface area contributed by atoms with Gasteiger partial charge in [0.25, 0.3) is 5.95 Å². The molecule has 0 radical (unpaired) electrons. The standard InChI is InChI=1S/C9H10O5/c1-7(10)5-8(11)14-9-3-2-4-12-6-13-9/h2-4H,5-6H2,1H3. The molecule has 5 nitrogen and oxygen atoms in total. The molecule has 0 aromatic heterocycles. The third kappa shape index (κ3) is 3.75. The van der Waals surface area contributed by atoms with Gasteiger partial charge in [-0.15, -0.1) is 0 Å². The lowest BCUT2D eigenvalue weighted by molar-refractivity contribution is -0.149. The van der Waals surface area contributed by atoms with E-state index in [0.29, 0.717) is 0 Å². The Morgan fingerprint density at radius 2 is 2.36 bits per heavy atom. The number of hydrogen-bond donors (Lipinski definition) is 0. The first kappa shape index (κ1) is 10.3. The predicted molar refractivity (Wildman–Crippen MR) is 45.7 cm³/mol. The Hall–Kier alpha value is -1.78. The number of hydrogen-bond acceptors (Lipinski definition) is 5. The van der Waals surface area contributed by atoms with E-state index in [2.05, 4.69) is 0 Å². The molecule has 0 aromatic rings. The van der Waals surface area contributed by atoms with Crippen LogP contribution in [0, 0.1) is 0 Å². The Labute approximate surface area is 80.9 Å². The van der Waals surface area contributed by atoms with E-state index in [9.17, 15) is 9.59 Å². The molecule has 0 aliphatic carbocycles. The maximum Gasteiger partial charge on any atom is 0.321 e. The van der Waals surface area contributed by atoms with Gasteiger partial charge >= 0.3 is 5.97 Å². The molecule has 0 saturated carbocycles. The number of ether oxygens (including phenoxy) is 3. The van der Waals surface area contributed by atoms with Crippen LogP contribution in [0.15, 0.2) is 24.4 Å². The van der Waals surface area contributed by atoms with Crippen LogP contribution in [0.1, 0.15) is 13.3 Å². The first-order valence-electron chi connectivity index (χ1n) is 4.00. The summed E-state index contributed by atoms with van der Waals surface area (Å²) in [6.07, 6.45) is 4.12. The number of rotatable bonds is 3. The lowest BCUT2D eigenvalue weighted by atomic mass is 10.3. The second-order valence-corrected chi connectivity index (χ2v) is 2.60. The maximum absolute atomic E-state index is 11.0. The molecule has 0 aromatic carbocycles. The van der Waals surface area contributed by atoms with E-state index in [4.69, 9.17) is 14.2 Å². The number of Topliss-reactive ketones (excluding diaryl/α,β-unsaturated/α-hetero) is 1. The molecule has 1 heterocycles. The summed E-state index contributed by atoms with van der Waals surface area (Å²) in [5, 5.41) is 0. The van der Waals surface area contributed by atoms with Crippen LogP contribution in [0.25, 0.3) is 0 Å². The Balaban J connectivity index is 2.43. The van der Waals surface area contributed by atoms with Crippen molar-refractivity contribution in [1.29, 1.82) is 0 Å². The average molecular weight is 198 g/mol. The smallest absolute Gasteiger partial charge is 0.321 e. The second kappa shape index (κ2) is 5.06. The summed E-state index contributed by atoms with van der Waals surface area (Å²) in [4.78, 5) is 21.6. The number of esters is 1. The molecule has 1 aliphatic heterocycles. The van der Waals surface area contributed by atoms with Gasteiger partial charge in [-0.3, -0.25) is 9.59 Å². The van der Waals surface area contributed by atoms with Crippen molar-refractivity contribution in [3.63, 3.8) is 0 Å². The quantitative estimate of drug-likeness (QED) is 0.497. The van der Waals surface area contributed by atoms with Crippen LogP contribution in [0.2, 0.25) is 0 Å². The first-order chi connectivity index (χ1) is 6.68. The average Bonchev–Trinajstić information content (AvgIpc) is 2.31. The molecule has 1 aliphatic rings. The van der Waals surface area contributed by atoms with Crippen molar-refractivity contribution in [2.75, 3.05) is 6.79 Å². The molecule has 14 heavy (non-hydrogen) atoms. The number of ketones is 1. The summed E-state index contributed by atoms with van der Waals surface area (Å²) in [5.74, 6) is -0.861. The zero-order valence-electron chi connectivity index (χ0n) is 7.69. The molecule has 0 N–H and O–H groups in total. The van der Waals surface area contributed by atoms with Crippen LogP contribution in [0.4, 0.5) is 0 Å². The third-order valence-electron chi connectivity index (χ3n) is 1.28. The lowest BCUT2D eigenvalue weighted by Crippen LogP contribution is -2.10. The Morgan fingerprint density at radius 1 is 1.57 bits per heavy atom. The van der Waals surface area contributed by atoms with Crippen molar-refractivity contribution in [2.45, 2.75) is 13.3 Å². The summed E-state index contributed by atoms with van der Waals surface area (Å²) in [5.41, 5.74) is 0. The molecule has 5 heteroatoms. The summed E-state index contributed by atoms with van der Waals surface area (Å²) < 4.78 is 14.4.